The molecule has 1 atom stereocenters. The quantitative estimate of drug-likeness (QED) is 0.730. The summed E-state index contributed by atoms with van der Waals surface area (Å²) in [5.74, 6) is -0.398. The monoisotopic (exact) mass is 382 g/mol. The van der Waals surface area contributed by atoms with Crippen molar-refractivity contribution in [2.75, 3.05) is 47.6 Å². The highest BCUT2D eigenvalue weighted by molar-refractivity contribution is 6.05. The molecule has 1 aromatic carbocycles. The third-order valence-electron chi connectivity index (χ3n) is 4.89. The predicted molar refractivity (Wildman–Crippen MR) is 105 cm³/mol. The maximum Gasteiger partial charge on any atom is 0.232 e. The van der Waals surface area contributed by atoms with Gasteiger partial charge in [0, 0.05) is 25.2 Å². The maximum absolute atomic E-state index is 12.9. The minimum absolute atomic E-state index is 0.00481. The smallest absolute Gasteiger partial charge is 0.232 e. The highest BCUT2D eigenvalue weighted by Crippen LogP contribution is 2.36. The van der Waals surface area contributed by atoms with E-state index in [0.717, 1.165) is 5.56 Å². The molecule has 1 unspecified atom stereocenters. The molecule has 2 aliphatic rings. The molecular weight excluding hydrogens is 360 g/mol. The van der Waals surface area contributed by atoms with E-state index in [4.69, 9.17) is 10.5 Å². The lowest BCUT2D eigenvalue weighted by molar-refractivity contribution is -0.123. The van der Waals surface area contributed by atoms with Crippen molar-refractivity contribution < 1.29 is 14.3 Å². The standard InChI is InChI=1S/C19H22N6O3/c1-11-2-4-12(5-3-11)21-18(27)13-10-14(26)22-17-15(13)16(20)23-19(24-17)25-6-8-28-9-7-25/h2-5,13H,6-10H2,1H3,(H,21,27)(H3,20,22,23,24,26). The first kappa shape index (κ1) is 18.2. The number of carbonyl (C=O) groups is 2. The number of nitrogens with two attached hydrogens (primary N) is 1. The lowest BCUT2D eigenvalue weighted by atomic mass is 9.92. The molecule has 1 saturated heterocycles. The number of fused-ring (bicyclic) bond motifs is 1. The van der Waals surface area contributed by atoms with Gasteiger partial charge in [-0.05, 0) is 19.1 Å². The van der Waals surface area contributed by atoms with Crippen molar-refractivity contribution in [2.24, 2.45) is 0 Å². The average molecular weight is 382 g/mol. The van der Waals surface area contributed by atoms with Gasteiger partial charge in [-0.3, -0.25) is 9.59 Å². The van der Waals surface area contributed by atoms with E-state index in [1.54, 1.807) is 0 Å². The topological polar surface area (TPSA) is 122 Å². The minimum atomic E-state index is -0.746. The van der Waals surface area contributed by atoms with Crippen LogP contribution in [0.2, 0.25) is 0 Å². The third kappa shape index (κ3) is 3.61. The van der Waals surface area contributed by atoms with Crippen LogP contribution in [0.25, 0.3) is 0 Å². The zero-order chi connectivity index (χ0) is 19.7. The van der Waals surface area contributed by atoms with Crippen LogP contribution in [0.1, 0.15) is 23.5 Å². The molecule has 0 spiro atoms. The highest BCUT2D eigenvalue weighted by Gasteiger charge is 2.35. The Kier molecular flexibility index (Phi) is 4.82. The summed E-state index contributed by atoms with van der Waals surface area (Å²) in [6.45, 7) is 4.41. The second-order valence-corrected chi connectivity index (χ2v) is 6.93. The molecule has 2 amide bonds. The number of ether oxygens (including phenoxy) is 1. The van der Waals surface area contributed by atoms with Gasteiger partial charge in [0.1, 0.15) is 11.6 Å². The first-order valence-electron chi connectivity index (χ1n) is 9.19. The SMILES string of the molecule is Cc1ccc(NC(=O)C2CC(=O)Nc3nc(N4CCOCC4)nc(N)c32)cc1. The van der Waals surface area contributed by atoms with Gasteiger partial charge in [0.15, 0.2) is 0 Å². The third-order valence-corrected chi connectivity index (χ3v) is 4.89. The largest absolute Gasteiger partial charge is 0.383 e. The van der Waals surface area contributed by atoms with E-state index < -0.39 is 5.92 Å². The van der Waals surface area contributed by atoms with Gasteiger partial charge in [0.25, 0.3) is 0 Å². The number of hydrogen-bond acceptors (Lipinski definition) is 7. The van der Waals surface area contributed by atoms with Crippen molar-refractivity contribution in [3.63, 3.8) is 0 Å². The van der Waals surface area contributed by atoms with Gasteiger partial charge in [-0.25, -0.2) is 0 Å². The summed E-state index contributed by atoms with van der Waals surface area (Å²) in [5, 5.41) is 5.58. The molecule has 0 saturated carbocycles. The average Bonchev–Trinajstić information content (AvgIpc) is 2.69. The molecule has 1 fully saturated rings. The second kappa shape index (κ2) is 7.43. The molecule has 2 aliphatic heterocycles. The number of hydrogen-bond donors (Lipinski definition) is 3. The molecular formula is C19H22N6O3. The van der Waals surface area contributed by atoms with Crippen molar-refractivity contribution in [2.45, 2.75) is 19.3 Å². The van der Waals surface area contributed by atoms with Crippen LogP contribution < -0.4 is 21.3 Å². The van der Waals surface area contributed by atoms with Crippen LogP contribution in [0.5, 0.6) is 0 Å². The fourth-order valence-corrected chi connectivity index (χ4v) is 3.38. The summed E-state index contributed by atoms with van der Waals surface area (Å²) in [4.78, 5) is 35.9. The Morgan fingerprint density at radius 3 is 2.68 bits per heavy atom. The number of aromatic nitrogens is 2. The van der Waals surface area contributed by atoms with Crippen molar-refractivity contribution in [1.82, 2.24) is 9.97 Å². The van der Waals surface area contributed by atoms with E-state index in [-0.39, 0.29) is 24.1 Å². The van der Waals surface area contributed by atoms with Crippen LogP contribution in [0.4, 0.5) is 23.3 Å². The van der Waals surface area contributed by atoms with Gasteiger partial charge in [0.05, 0.1) is 24.7 Å². The Hall–Kier alpha value is -3.20. The molecule has 2 aromatic rings. The number of benzene rings is 1. The number of nitrogen functional groups attached to an aromatic ring is 1. The minimum Gasteiger partial charge on any atom is -0.383 e. The number of amides is 2. The Morgan fingerprint density at radius 2 is 1.96 bits per heavy atom. The number of rotatable bonds is 3. The molecule has 0 radical (unpaired) electrons. The van der Waals surface area contributed by atoms with Gasteiger partial charge in [0.2, 0.25) is 17.8 Å². The molecule has 1 aromatic heterocycles. The van der Waals surface area contributed by atoms with Crippen LogP contribution in [-0.2, 0) is 14.3 Å². The van der Waals surface area contributed by atoms with Crippen LogP contribution in [0.3, 0.4) is 0 Å². The summed E-state index contributed by atoms with van der Waals surface area (Å²) in [6, 6.07) is 7.45. The molecule has 9 heteroatoms. The lowest BCUT2D eigenvalue weighted by Crippen LogP contribution is -2.38. The summed E-state index contributed by atoms with van der Waals surface area (Å²) < 4.78 is 5.34. The van der Waals surface area contributed by atoms with E-state index in [2.05, 4.69) is 20.6 Å². The number of morpholine rings is 1. The fourth-order valence-electron chi connectivity index (χ4n) is 3.38. The van der Waals surface area contributed by atoms with Gasteiger partial charge in [-0.2, -0.15) is 9.97 Å². The first-order valence-corrected chi connectivity index (χ1v) is 9.19. The van der Waals surface area contributed by atoms with E-state index in [0.29, 0.717) is 49.3 Å². The van der Waals surface area contributed by atoms with Crippen molar-refractivity contribution in [1.29, 1.82) is 0 Å². The summed E-state index contributed by atoms with van der Waals surface area (Å²) in [7, 11) is 0. The second-order valence-electron chi connectivity index (χ2n) is 6.93. The fraction of sp³-hybridized carbons (Fsp3) is 0.368. The van der Waals surface area contributed by atoms with E-state index >= 15 is 0 Å². The molecule has 0 bridgehead atoms. The zero-order valence-corrected chi connectivity index (χ0v) is 15.6. The molecule has 9 nitrogen and oxygen atoms in total. The lowest BCUT2D eigenvalue weighted by Gasteiger charge is -2.30. The molecule has 3 heterocycles. The number of aryl methyl sites for hydroxylation is 1. The molecule has 0 aliphatic carbocycles. The van der Waals surface area contributed by atoms with Gasteiger partial charge >= 0.3 is 0 Å². The van der Waals surface area contributed by atoms with Crippen molar-refractivity contribution in [3.05, 3.63) is 35.4 Å². The Morgan fingerprint density at radius 1 is 1.25 bits per heavy atom. The maximum atomic E-state index is 12.9. The summed E-state index contributed by atoms with van der Waals surface area (Å²) in [5.41, 5.74) is 8.41. The van der Waals surface area contributed by atoms with Gasteiger partial charge in [-0.15, -0.1) is 0 Å². The van der Waals surface area contributed by atoms with Crippen LogP contribution in [0, 0.1) is 6.92 Å². The van der Waals surface area contributed by atoms with Gasteiger partial charge in [-0.1, -0.05) is 17.7 Å². The molecule has 146 valence electrons. The number of nitrogens with zero attached hydrogens (tertiary/aromatic N) is 3. The number of anilines is 4. The van der Waals surface area contributed by atoms with E-state index in [1.165, 1.54) is 0 Å². The zero-order valence-electron chi connectivity index (χ0n) is 15.6. The number of nitrogens with one attached hydrogen (secondary N) is 2. The summed E-state index contributed by atoms with van der Waals surface area (Å²) >= 11 is 0. The molecule has 4 N–H and O–H groups in total. The van der Waals surface area contributed by atoms with Crippen molar-refractivity contribution in [3.8, 4) is 0 Å². The van der Waals surface area contributed by atoms with Crippen molar-refractivity contribution >= 4 is 35.1 Å². The van der Waals surface area contributed by atoms with Crippen LogP contribution in [0.15, 0.2) is 24.3 Å². The van der Waals surface area contributed by atoms with Gasteiger partial charge < -0.3 is 26.0 Å². The normalized spacial score (nSPS) is 19.0. The van der Waals surface area contributed by atoms with E-state index in [1.807, 2.05) is 36.1 Å². The van der Waals surface area contributed by atoms with Crippen LogP contribution >= 0.6 is 0 Å². The Balaban J connectivity index is 1.63. The molecule has 4 rings (SSSR count). The Bertz CT molecular complexity index is 909. The van der Waals surface area contributed by atoms with Crippen LogP contribution in [-0.4, -0.2) is 48.1 Å². The number of carbonyl (C=O) groups excluding carboxylic acids is 2. The van der Waals surface area contributed by atoms with E-state index in [9.17, 15) is 9.59 Å². The Labute approximate surface area is 162 Å². The first-order chi connectivity index (χ1) is 13.5. The summed E-state index contributed by atoms with van der Waals surface area (Å²) in [6.07, 6.45) is -0.00481. The highest BCUT2D eigenvalue weighted by atomic mass is 16.5. The molecule has 28 heavy (non-hydrogen) atoms. The predicted octanol–water partition coefficient (Wildman–Crippen LogP) is 1.27.